The molecular formula is C23H26N2O3. The molecule has 0 aromatic heterocycles. The fraction of sp³-hybridized carbons (Fsp3) is 0.435. The molecule has 3 heterocycles. The zero-order valence-electron chi connectivity index (χ0n) is 16.0. The van der Waals surface area contributed by atoms with Gasteiger partial charge < -0.3 is 14.7 Å². The van der Waals surface area contributed by atoms with Crippen LogP contribution >= 0.6 is 0 Å². The van der Waals surface area contributed by atoms with Crippen molar-refractivity contribution in [3.05, 3.63) is 60.2 Å². The van der Waals surface area contributed by atoms with Crippen LogP contribution in [-0.2, 0) is 4.79 Å². The van der Waals surface area contributed by atoms with Gasteiger partial charge in [-0.2, -0.15) is 0 Å². The van der Waals surface area contributed by atoms with Gasteiger partial charge in [-0.1, -0.05) is 30.3 Å². The number of ether oxygens (including phenoxy) is 1. The SMILES string of the molecule is O=C1N(c2ccccc2)C[C@@H]2C[C@@H](c3ccc(OCCO)cc3)N3CCC[C@@]123. The molecule has 3 aliphatic rings. The van der Waals surface area contributed by atoms with E-state index in [9.17, 15) is 4.79 Å². The Morgan fingerprint density at radius 1 is 1.11 bits per heavy atom. The van der Waals surface area contributed by atoms with Crippen LogP contribution in [0.1, 0.15) is 30.9 Å². The minimum atomic E-state index is -0.327. The summed E-state index contributed by atoms with van der Waals surface area (Å²) in [5.41, 5.74) is 1.95. The first-order valence-corrected chi connectivity index (χ1v) is 10.2. The smallest absolute Gasteiger partial charge is 0.247 e. The van der Waals surface area contributed by atoms with Gasteiger partial charge >= 0.3 is 0 Å². The number of hydrogen-bond donors (Lipinski definition) is 1. The lowest BCUT2D eigenvalue weighted by Gasteiger charge is -2.33. The highest BCUT2D eigenvalue weighted by atomic mass is 16.5. The molecule has 1 amide bonds. The van der Waals surface area contributed by atoms with Gasteiger partial charge in [-0.3, -0.25) is 9.69 Å². The molecule has 2 aromatic rings. The van der Waals surface area contributed by atoms with E-state index in [1.807, 2.05) is 47.4 Å². The van der Waals surface area contributed by atoms with Crippen molar-refractivity contribution in [1.29, 1.82) is 0 Å². The van der Waals surface area contributed by atoms with E-state index in [-0.39, 0.29) is 18.1 Å². The van der Waals surface area contributed by atoms with Gasteiger partial charge in [0, 0.05) is 24.2 Å². The van der Waals surface area contributed by atoms with Crippen molar-refractivity contribution in [2.24, 2.45) is 5.92 Å². The molecular weight excluding hydrogens is 352 g/mol. The number of carbonyl (C=O) groups excluding carboxylic acids is 1. The normalized spacial score (nSPS) is 29.2. The van der Waals surface area contributed by atoms with Crippen LogP contribution in [0.4, 0.5) is 5.69 Å². The van der Waals surface area contributed by atoms with Gasteiger partial charge in [0.2, 0.25) is 5.91 Å². The van der Waals surface area contributed by atoms with Gasteiger partial charge in [0.05, 0.1) is 6.61 Å². The van der Waals surface area contributed by atoms with Crippen LogP contribution in [0.3, 0.4) is 0 Å². The number of benzene rings is 2. The number of rotatable bonds is 5. The van der Waals surface area contributed by atoms with Crippen LogP contribution in [0, 0.1) is 5.92 Å². The maximum absolute atomic E-state index is 13.6. The van der Waals surface area contributed by atoms with Crippen LogP contribution in [0.5, 0.6) is 5.75 Å². The van der Waals surface area contributed by atoms with Crippen molar-refractivity contribution in [3.63, 3.8) is 0 Å². The second-order valence-electron chi connectivity index (χ2n) is 8.06. The topological polar surface area (TPSA) is 53.0 Å². The van der Waals surface area contributed by atoms with E-state index in [2.05, 4.69) is 17.0 Å². The van der Waals surface area contributed by atoms with Crippen molar-refractivity contribution >= 4 is 11.6 Å². The lowest BCUT2D eigenvalue weighted by molar-refractivity contribution is -0.126. The quantitative estimate of drug-likeness (QED) is 0.869. The fourth-order valence-electron chi connectivity index (χ4n) is 5.59. The molecule has 5 nitrogen and oxygen atoms in total. The van der Waals surface area contributed by atoms with Gasteiger partial charge in [-0.25, -0.2) is 0 Å². The highest BCUT2D eigenvalue weighted by Crippen LogP contribution is 2.56. The number of anilines is 1. The van der Waals surface area contributed by atoms with Crippen LogP contribution in [-0.4, -0.2) is 47.8 Å². The third kappa shape index (κ3) is 2.57. The summed E-state index contributed by atoms with van der Waals surface area (Å²) in [6.45, 7) is 2.12. The zero-order chi connectivity index (χ0) is 19.1. The number of carbonyl (C=O) groups is 1. The van der Waals surface area contributed by atoms with Gasteiger partial charge in [0.1, 0.15) is 17.9 Å². The molecule has 0 bridgehead atoms. The van der Waals surface area contributed by atoms with E-state index in [0.29, 0.717) is 18.6 Å². The molecule has 0 unspecified atom stereocenters. The van der Waals surface area contributed by atoms with Crippen molar-refractivity contribution in [2.45, 2.75) is 30.8 Å². The average Bonchev–Trinajstić information content (AvgIpc) is 3.37. The molecule has 0 radical (unpaired) electrons. The minimum Gasteiger partial charge on any atom is -0.491 e. The number of aliphatic hydroxyl groups is 1. The Morgan fingerprint density at radius 3 is 2.64 bits per heavy atom. The predicted molar refractivity (Wildman–Crippen MR) is 107 cm³/mol. The molecule has 1 N–H and O–H groups in total. The van der Waals surface area contributed by atoms with Crippen LogP contribution < -0.4 is 9.64 Å². The second-order valence-corrected chi connectivity index (χ2v) is 8.06. The molecule has 1 spiro atoms. The number of aliphatic hydroxyl groups excluding tert-OH is 1. The first-order chi connectivity index (χ1) is 13.7. The van der Waals surface area contributed by atoms with Gasteiger partial charge in [0.15, 0.2) is 0 Å². The maximum Gasteiger partial charge on any atom is 0.247 e. The molecule has 146 valence electrons. The van der Waals surface area contributed by atoms with Gasteiger partial charge in [-0.05, 0) is 55.6 Å². The molecule has 3 aliphatic heterocycles. The fourth-order valence-corrected chi connectivity index (χ4v) is 5.59. The lowest BCUT2D eigenvalue weighted by Crippen LogP contribution is -2.49. The first-order valence-electron chi connectivity index (χ1n) is 10.2. The van der Waals surface area contributed by atoms with E-state index in [4.69, 9.17) is 9.84 Å². The van der Waals surface area contributed by atoms with Crippen molar-refractivity contribution in [3.8, 4) is 5.75 Å². The van der Waals surface area contributed by atoms with Crippen molar-refractivity contribution < 1.29 is 14.6 Å². The average molecular weight is 378 g/mol. The molecule has 3 fully saturated rings. The second kappa shape index (κ2) is 6.90. The highest BCUT2D eigenvalue weighted by molar-refractivity contribution is 6.03. The standard InChI is InChI=1S/C23H26N2O3/c26-13-14-28-20-9-7-17(8-10-20)21-15-18-16-24(19-5-2-1-3-6-19)22(27)23(18)11-4-12-25(21)23/h1-3,5-10,18,21,26H,4,11-16H2/t18-,21-,23-/m0/s1. The van der Waals surface area contributed by atoms with Gasteiger partial charge in [0.25, 0.3) is 0 Å². The molecule has 2 aromatic carbocycles. The Hall–Kier alpha value is -2.37. The van der Waals surface area contributed by atoms with Crippen LogP contribution in [0.2, 0.25) is 0 Å². The van der Waals surface area contributed by atoms with E-state index >= 15 is 0 Å². The summed E-state index contributed by atoms with van der Waals surface area (Å²) < 4.78 is 5.49. The third-order valence-corrected chi connectivity index (χ3v) is 6.74. The van der Waals surface area contributed by atoms with Crippen molar-refractivity contribution in [1.82, 2.24) is 4.90 Å². The minimum absolute atomic E-state index is 0.0163. The highest BCUT2D eigenvalue weighted by Gasteiger charge is 2.65. The van der Waals surface area contributed by atoms with Crippen LogP contribution in [0.25, 0.3) is 0 Å². The van der Waals surface area contributed by atoms with Crippen molar-refractivity contribution in [2.75, 3.05) is 31.2 Å². The number of hydrogen-bond acceptors (Lipinski definition) is 4. The number of nitrogens with zero attached hydrogens (tertiary/aromatic N) is 2. The Kier molecular flexibility index (Phi) is 4.37. The zero-order valence-corrected chi connectivity index (χ0v) is 16.0. The molecule has 3 saturated heterocycles. The molecule has 5 heteroatoms. The molecule has 3 atom stereocenters. The summed E-state index contributed by atoms with van der Waals surface area (Å²) in [6.07, 6.45) is 3.07. The number of para-hydroxylation sites is 1. The summed E-state index contributed by atoms with van der Waals surface area (Å²) in [7, 11) is 0. The predicted octanol–water partition coefficient (Wildman–Crippen LogP) is 3.00. The number of amides is 1. The molecule has 5 rings (SSSR count). The molecule has 28 heavy (non-hydrogen) atoms. The van der Waals surface area contributed by atoms with E-state index in [1.54, 1.807) is 0 Å². The summed E-state index contributed by atoms with van der Waals surface area (Å²) in [4.78, 5) is 18.1. The Labute approximate surface area is 165 Å². The van der Waals surface area contributed by atoms with E-state index in [1.165, 1.54) is 5.56 Å². The Bertz CT molecular complexity index is 854. The maximum atomic E-state index is 13.6. The third-order valence-electron chi connectivity index (χ3n) is 6.74. The molecule has 0 saturated carbocycles. The lowest BCUT2D eigenvalue weighted by atomic mass is 9.85. The Morgan fingerprint density at radius 2 is 1.89 bits per heavy atom. The van der Waals surface area contributed by atoms with Crippen LogP contribution in [0.15, 0.2) is 54.6 Å². The summed E-state index contributed by atoms with van der Waals surface area (Å²) in [6, 6.07) is 18.5. The van der Waals surface area contributed by atoms with E-state index < -0.39 is 0 Å². The largest absolute Gasteiger partial charge is 0.491 e. The van der Waals surface area contributed by atoms with E-state index in [0.717, 1.165) is 43.8 Å². The molecule has 0 aliphatic carbocycles. The Balaban J connectivity index is 1.41. The van der Waals surface area contributed by atoms with Gasteiger partial charge in [-0.15, -0.1) is 0 Å². The summed E-state index contributed by atoms with van der Waals surface area (Å²) >= 11 is 0. The first kappa shape index (κ1) is 17.7. The summed E-state index contributed by atoms with van der Waals surface area (Å²) in [5, 5.41) is 8.91. The monoisotopic (exact) mass is 378 g/mol. The summed E-state index contributed by atoms with van der Waals surface area (Å²) in [5.74, 6) is 1.43.